The molecule has 0 radical (unpaired) electrons. The highest BCUT2D eigenvalue weighted by Crippen LogP contribution is 2.25. The third-order valence-electron chi connectivity index (χ3n) is 2.69. The zero-order valence-corrected chi connectivity index (χ0v) is 11.9. The van der Waals surface area contributed by atoms with E-state index in [9.17, 15) is 9.90 Å². The molecule has 4 nitrogen and oxygen atoms in total. The van der Waals surface area contributed by atoms with Crippen molar-refractivity contribution in [2.24, 2.45) is 0 Å². The molecule has 0 spiro atoms. The molecule has 0 aliphatic carbocycles. The summed E-state index contributed by atoms with van der Waals surface area (Å²) in [5, 5.41) is 12.9. The molecule has 0 aromatic heterocycles. The lowest BCUT2D eigenvalue weighted by Gasteiger charge is -2.11. The number of phenols is 1. The highest BCUT2D eigenvalue weighted by Gasteiger charge is 2.29. The molecular weight excluding hydrogens is 284 g/mol. The number of rotatable bonds is 3. The smallest absolute Gasteiger partial charge is 0.276 e. The van der Waals surface area contributed by atoms with Crippen molar-refractivity contribution < 1.29 is 9.90 Å². The highest BCUT2D eigenvalue weighted by molar-refractivity contribution is 7.80. The van der Waals surface area contributed by atoms with Crippen LogP contribution in [0.4, 0.5) is 0 Å². The molecule has 1 amide bonds. The average Bonchev–Trinajstić information content (AvgIpc) is 2.62. The van der Waals surface area contributed by atoms with E-state index in [4.69, 9.17) is 23.8 Å². The maximum absolute atomic E-state index is 12.1. The molecule has 1 heterocycles. The van der Waals surface area contributed by atoms with Crippen LogP contribution in [0.15, 0.2) is 23.9 Å². The molecule has 1 aliphatic heterocycles. The molecule has 1 aromatic carbocycles. The molecule has 1 saturated heterocycles. The summed E-state index contributed by atoms with van der Waals surface area (Å²) in [5.74, 6) is -0.131. The Balaban J connectivity index is 2.27. The maximum atomic E-state index is 12.1. The summed E-state index contributed by atoms with van der Waals surface area (Å²) in [6.45, 7) is 2.58. The summed E-state index contributed by atoms with van der Waals surface area (Å²) < 4.78 is 0. The Labute approximate surface area is 121 Å². The van der Waals surface area contributed by atoms with Gasteiger partial charge < -0.3 is 10.4 Å². The molecular formula is C13H13ClN2O2S. The number of carbonyl (C=O) groups excluding carboxylic acids is 1. The summed E-state index contributed by atoms with van der Waals surface area (Å²) in [7, 11) is 0. The molecule has 1 fully saturated rings. The zero-order chi connectivity index (χ0) is 14.0. The lowest BCUT2D eigenvalue weighted by molar-refractivity contribution is -0.122. The van der Waals surface area contributed by atoms with Crippen LogP contribution in [0.25, 0.3) is 6.08 Å². The Bertz CT molecular complexity index is 572. The summed E-state index contributed by atoms with van der Waals surface area (Å²) in [5.41, 5.74) is 1.14. The van der Waals surface area contributed by atoms with Gasteiger partial charge in [-0.1, -0.05) is 24.6 Å². The van der Waals surface area contributed by atoms with Crippen molar-refractivity contribution in [2.75, 3.05) is 6.54 Å². The molecule has 6 heteroatoms. The van der Waals surface area contributed by atoms with Gasteiger partial charge >= 0.3 is 0 Å². The molecule has 100 valence electrons. The second kappa shape index (κ2) is 5.59. The summed E-state index contributed by atoms with van der Waals surface area (Å²) in [6.07, 6.45) is 2.50. The number of aromatic hydroxyl groups is 1. The van der Waals surface area contributed by atoms with Crippen LogP contribution in [-0.2, 0) is 4.79 Å². The molecule has 0 unspecified atom stereocenters. The van der Waals surface area contributed by atoms with Gasteiger partial charge in [-0.15, -0.1) is 0 Å². The van der Waals surface area contributed by atoms with Crippen LogP contribution < -0.4 is 5.32 Å². The lowest BCUT2D eigenvalue weighted by atomic mass is 10.2. The second-order valence-electron chi connectivity index (χ2n) is 4.16. The highest BCUT2D eigenvalue weighted by atomic mass is 35.5. The number of hydrogen-bond donors (Lipinski definition) is 2. The van der Waals surface area contributed by atoms with E-state index in [2.05, 4.69) is 5.32 Å². The average molecular weight is 297 g/mol. The largest absolute Gasteiger partial charge is 0.506 e. The second-order valence-corrected chi connectivity index (χ2v) is 4.95. The van der Waals surface area contributed by atoms with Crippen LogP contribution in [-0.4, -0.2) is 27.6 Å². The summed E-state index contributed by atoms with van der Waals surface area (Å²) in [4.78, 5) is 13.6. The normalized spacial score (nSPS) is 17.2. The Morgan fingerprint density at radius 1 is 1.53 bits per heavy atom. The Morgan fingerprint density at radius 2 is 2.26 bits per heavy atom. The van der Waals surface area contributed by atoms with E-state index in [1.54, 1.807) is 18.2 Å². The van der Waals surface area contributed by atoms with E-state index in [0.717, 1.165) is 12.0 Å². The molecule has 2 rings (SSSR count). The lowest BCUT2D eigenvalue weighted by Crippen LogP contribution is -2.31. The van der Waals surface area contributed by atoms with E-state index in [1.165, 1.54) is 11.0 Å². The van der Waals surface area contributed by atoms with Crippen molar-refractivity contribution >= 4 is 40.9 Å². The van der Waals surface area contributed by atoms with Crippen LogP contribution in [0.5, 0.6) is 5.75 Å². The van der Waals surface area contributed by atoms with Crippen molar-refractivity contribution in [3.8, 4) is 5.75 Å². The number of nitrogens with one attached hydrogen (secondary N) is 1. The molecule has 2 N–H and O–H groups in total. The van der Waals surface area contributed by atoms with Gasteiger partial charge in [0, 0.05) is 6.54 Å². The van der Waals surface area contributed by atoms with Gasteiger partial charge in [0.25, 0.3) is 5.91 Å². The molecule has 0 bridgehead atoms. The van der Waals surface area contributed by atoms with Crippen LogP contribution in [0, 0.1) is 0 Å². The van der Waals surface area contributed by atoms with E-state index in [1.807, 2.05) is 6.92 Å². The summed E-state index contributed by atoms with van der Waals surface area (Å²) in [6, 6.07) is 4.75. The fourth-order valence-electron chi connectivity index (χ4n) is 1.78. The van der Waals surface area contributed by atoms with Crippen molar-refractivity contribution in [3.05, 3.63) is 34.5 Å². The van der Waals surface area contributed by atoms with Crippen molar-refractivity contribution in [2.45, 2.75) is 13.3 Å². The Kier molecular flexibility index (Phi) is 4.07. The molecule has 19 heavy (non-hydrogen) atoms. The van der Waals surface area contributed by atoms with Crippen molar-refractivity contribution in [1.29, 1.82) is 0 Å². The maximum Gasteiger partial charge on any atom is 0.276 e. The minimum Gasteiger partial charge on any atom is -0.506 e. The molecule has 1 aliphatic rings. The van der Waals surface area contributed by atoms with Crippen LogP contribution in [0.1, 0.15) is 18.9 Å². The Hall–Kier alpha value is -1.59. The van der Waals surface area contributed by atoms with Crippen molar-refractivity contribution in [1.82, 2.24) is 10.2 Å². The first-order chi connectivity index (χ1) is 9.02. The van der Waals surface area contributed by atoms with Crippen LogP contribution in [0.2, 0.25) is 5.02 Å². The SMILES string of the molecule is CCCN1C(=O)/C(=C/c2ccc(O)c(Cl)c2)NC1=S. The fourth-order valence-corrected chi connectivity index (χ4v) is 2.25. The van der Waals surface area contributed by atoms with E-state index in [0.29, 0.717) is 17.4 Å². The zero-order valence-electron chi connectivity index (χ0n) is 10.3. The topological polar surface area (TPSA) is 52.6 Å². The number of benzene rings is 1. The number of hydrogen-bond acceptors (Lipinski definition) is 3. The van der Waals surface area contributed by atoms with E-state index < -0.39 is 0 Å². The molecule has 0 atom stereocenters. The molecule has 1 aromatic rings. The van der Waals surface area contributed by atoms with Crippen LogP contribution in [0.3, 0.4) is 0 Å². The molecule has 0 saturated carbocycles. The number of thiocarbonyl (C=S) groups is 1. The predicted octanol–water partition coefficient (Wildman–Crippen LogP) is 2.51. The minimum absolute atomic E-state index is 0.0117. The van der Waals surface area contributed by atoms with Gasteiger partial charge in [0.05, 0.1) is 5.02 Å². The third kappa shape index (κ3) is 2.88. The van der Waals surface area contributed by atoms with Gasteiger partial charge in [-0.3, -0.25) is 9.69 Å². The number of nitrogens with zero attached hydrogens (tertiary/aromatic N) is 1. The van der Waals surface area contributed by atoms with Crippen molar-refractivity contribution in [3.63, 3.8) is 0 Å². The fraction of sp³-hybridized carbons (Fsp3) is 0.231. The van der Waals surface area contributed by atoms with Gasteiger partial charge in [-0.2, -0.15) is 0 Å². The van der Waals surface area contributed by atoms with E-state index in [-0.39, 0.29) is 16.7 Å². The number of phenolic OH excluding ortho intramolecular Hbond substituents is 1. The first-order valence-electron chi connectivity index (χ1n) is 5.86. The monoisotopic (exact) mass is 296 g/mol. The first-order valence-corrected chi connectivity index (χ1v) is 6.64. The third-order valence-corrected chi connectivity index (χ3v) is 3.32. The first kappa shape index (κ1) is 13.8. The minimum atomic E-state index is -0.143. The summed E-state index contributed by atoms with van der Waals surface area (Å²) >= 11 is 10.9. The van der Waals surface area contributed by atoms with Gasteiger partial charge in [-0.25, -0.2) is 0 Å². The van der Waals surface area contributed by atoms with Gasteiger partial charge in [0.15, 0.2) is 5.11 Å². The van der Waals surface area contributed by atoms with Crippen LogP contribution >= 0.6 is 23.8 Å². The van der Waals surface area contributed by atoms with E-state index >= 15 is 0 Å². The van der Waals surface area contributed by atoms with Gasteiger partial charge in [-0.05, 0) is 42.4 Å². The predicted molar refractivity (Wildman–Crippen MR) is 78.8 cm³/mol. The van der Waals surface area contributed by atoms with Gasteiger partial charge in [0.1, 0.15) is 11.4 Å². The number of halogens is 1. The standard InChI is InChI=1S/C13H13ClN2O2S/c1-2-5-16-12(18)10(15-13(16)19)7-8-3-4-11(17)9(14)6-8/h3-4,6-7,17H,2,5H2,1H3,(H,15,19)/b10-7-. The number of carbonyl (C=O) groups is 1. The number of amides is 1. The Morgan fingerprint density at radius 3 is 2.89 bits per heavy atom. The van der Waals surface area contributed by atoms with Gasteiger partial charge in [0.2, 0.25) is 0 Å². The quantitative estimate of drug-likeness (QED) is 0.665.